The normalized spacial score (nSPS) is 11.6. The Bertz CT molecular complexity index is 1500. The Balaban J connectivity index is 1.40. The number of nitrogens with zero attached hydrogens (tertiary/aromatic N) is 5. The van der Waals surface area contributed by atoms with Gasteiger partial charge in [-0.2, -0.15) is 0 Å². The lowest BCUT2D eigenvalue weighted by Crippen LogP contribution is -2.37. The largest absolute Gasteiger partial charge is 0.332 e. The minimum atomic E-state index is -0.342. The van der Waals surface area contributed by atoms with Crippen LogP contribution >= 0.6 is 0 Å². The molecular formula is C38H55N5O2. The van der Waals surface area contributed by atoms with Crippen molar-refractivity contribution < 1.29 is 0 Å². The zero-order chi connectivity index (χ0) is 31.9. The lowest BCUT2D eigenvalue weighted by molar-refractivity contribution is 0.238. The maximum absolute atomic E-state index is 13.4. The fourth-order valence-electron chi connectivity index (χ4n) is 6.37. The van der Waals surface area contributed by atoms with Gasteiger partial charge in [-0.05, 0) is 17.5 Å². The molecule has 4 rings (SSSR count). The Labute approximate surface area is 269 Å². The molecule has 45 heavy (non-hydrogen) atoms. The fraction of sp³-hybridized carbons (Fsp3) is 0.553. The van der Waals surface area contributed by atoms with Crippen LogP contribution in [-0.4, -0.2) is 23.6 Å². The number of fused-ring (bicyclic) bond motifs is 1. The Morgan fingerprint density at radius 1 is 0.600 bits per heavy atom. The number of aryl methyl sites for hydroxylation is 2. The van der Waals surface area contributed by atoms with Crippen LogP contribution in [-0.2, 0) is 40.3 Å². The molecule has 0 bridgehead atoms. The summed E-state index contributed by atoms with van der Waals surface area (Å²) in [5, 5.41) is 0. The summed E-state index contributed by atoms with van der Waals surface area (Å²) in [6, 6.07) is 20.9. The standard InChI is InChI=1S/C38H55N5O2/c1-4-5-6-7-8-9-10-11-12-13-14-15-16-23-28-43-34(39-36-35(43)37(44)41(3)38(45)40(36)2)31-42(29-32-24-19-17-20-25-32)30-33-26-21-18-22-27-33/h17-22,24-27H,4-16,23,28-31H2,1-3H3. The molecule has 2 aromatic heterocycles. The molecule has 0 saturated carbocycles. The van der Waals surface area contributed by atoms with Gasteiger partial charge in [0.05, 0.1) is 6.54 Å². The van der Waals surface area contributed by atoms with E-state index in [1.54, 1.807) is 14.1 Å². The van der Waals surface area contributed by atoms with Crippen LogP contribution in [0.1, 0.15) is 114 Å². The molecule has 0 aliphatic rings. The number of benzene rings is 2. The van der Waals surface area contributed by atoms with Crippen molar-refractivity contribution in [2.45, 2.75) is 123 Å². The molecule has 4 aromatic rings. The first kappa shape index (κ1) is 34.4. The smallest absolute Gasteiger partial charge is 0.321 e. The van der Waals surface area contributed by atoms with E-state index in [9.17, 15) is 9.59 Å². The van der Waals surface area contributed by atoms with Crippen molar-refractivity contribution in [3.63, 3.8) is 0 Å². The van der Waals surface area contributed by atoms with Gasteiger partial charge in [-0.1, -0.05) is 151 Å². The molecule has 0 aliphatic carbocycles. The van der Waals surface area contributed by atoms with Crippen LogP contribution in [0.2, 0.25) is 0 Å². The summed E-state index contributed by atoms with van der Waals surface area (Å²) >= 11 is 0. The van der Waals surface area contributed by atoms with Crippen molar-refractivity contribution in [1.82, 2.24) is 23.6 Å². The second-order valence-electron chi connectivity index (χ2n) is 12.8. The van der Waals surface area contributed by atoms with Gasteiger partial charge in [0.2, 0.25) is 0 Å². The monoisotopic (exact) mass is 613 g/mol. The molecule has 0 N–H and O–H groups in total. The summed E-state index contributed by atoms with van der Waals surface area (Å²) in [5.41, 5.74) is 2.85. The number of hydrogen-bond acceptors (Lipinski definition) is 4. The highest BCUT2D eigenvalue weighted by atomic mass is 16.2. The van der Waals surface area contributed by atoms with E-state index >= 15 is 0 Å². The second-order valence-corrected chi connectivity index (χ2v) is 12.8. The minimum absolute atomic E-state index is 0.269. The van der Waals surface area contributed by atoms with Crippen LogP contribution in [0.4, 0.5) is 0 Å². The van der Waals surface area contributed by atoms with E-state index in [2.05, 4.69) is 64.9 Å². The summed E-state index contributed by atoms with van der Waals surface area (Å²) in [7, 11) is 3.27. The number of hydrogen-bond donors (Lipinski definition) is 0. The van der Waals surface area contributed by atoms with Gasteiger partial charge in [-0.25, -0.2) is 9.78 Å². The Morgan fingerprint density at radius 2 is 1.07 bits per heavy atom. The van der Waals surface area contributed by atoms with Crippen LogP contribution in [0, 0.1) is 0 Å². The first-order chi connectivity index (χ1) is 22.0. The second kappa shape index (κ2) is 18.5. The van der Waals surface area contributed by atoms with Gasteiger partial charge < -0.3 is 4.57 Å². The van der Waals surface area contributed by atoms with Crippen LogP contribution in [0.3, 0.4) is 0 Å². The molecule has 0 fully saturated rings. The van der Waals surface area contributed by atoms with Gasteiger partial charge in [0, 0.05) is 33.7 Å². The van der Waals surface area contributed by atoms with E-state index in [-0.39, 0.29) is 11.2 Å². The molecule has 2 aromatic carbocycles. The van der Waals surface area contributed by atoms with Gasteiger partial charge in [-0.15, -0.1) is 0 Å². The van der Waals surface area contributed by atoms with Crippen molar-refractivity contribution in [2.24, 2.45) is 14.1 Å². The molecule has 0 aliphatic heterocycles. The Kier molecular flexibility index (Phi) is 14.2. The summed E-state index contributed by atoms with van der Waals surface area (Å²) in [5.74, 6) is 0.838. The van der Waals surface area contributed by atoms with Gasteiger partial charge in [0.1, 0.15) is 5.82 Å². The van der Waals surface area contributed by atoms with E-state index in [4.69, 9.17) is 4.98 Å². The summed E-state index contributed by atoms with van der Waals surface area (Å²) in [6.07, 6.45) is 18.3. The molecule has 7 nitrogen and oxygen atoms in total. The first-order valence-electron chi connectivity index (χ1n) is 17.4. The maximum Gasteiger partial charge on any atom is 0.332 e. The van der Waals surface area contributed by atoms with Gasteiger partial charge in [0.25, 0.3) is 5.56 Å². The molecule has 0 saturated heterocycles. The van der Waals surface area contributed by atoms with Crippen molar-refractivity contribution in [3.05, 3.63) is 98.5 Å². The quantitative estimate of drug-likeness (QED) is 0.0891. The molecule has 0 unspecified atom stereocenters. The Hall–Kier alpha value is -3.45. The van der Waals surface area contributed by atoms with E-state index < -0.39 is 0 Å². The lowest BCUT2D eigenvalue weighted by atomic mass is 10.0. The third-order valence-corrected chi connectivity index (χ3v) is 9.03. The fourth-order valence-corrected chi connectivity index (χ4v) is 6.37. The molecule has 0 amide bonds. The van der Waals surface area contributed by atoms with Gasteiger partial charge >= 0.3 is 5.69 Å². The third kappa shape index (κ3) is 10.3. The molecular weight excluding hydrogens is 558 g/mol. The average Bonchev–Trinajstić information content (AvgIpc) is 3.41. The highest BCUT2D eigenvalue weighted by molar-refractivity contribution is 5.71. The number of imidazole rings is 1. The van der Waals surface area contributed by atoms with Crippen molar-refractivity contribution in [2.75, 3.05) is 0 Å². The van der Waals surface area contributed by atoms with Gasteiger partial charge in [-0.3, -0.25) is 18.8 Å². The minimum Gasteiger partial charge on any atom is -0.321 e. The third-order valence-electron chi connectivity index (χ3n) is 9.03. The molecule has 0 atom stereocenters. The van der Waals surface area contributed by atoms with Crippen LogP contribution < -0.4 is 11.2 Å². The highest BCUT2D eigenvalue weighted by Crippen LogP contribution is 2.19. The lowest BCUT2D eigenvalue weighted by Gasteiger charge is -2.23. The summed E-state index contributed by atoms with van der Waals surface area (Å²) in [4.78, 5) is 33.5. The summed E-state index contributed by atoms with van der Waals surface area (Å²) in [6.45, 7) is 5.10. The maximum atomic E-state index is 13.4. The topological polar surface area (TPSA) is 65.1 Å². The number of aromatic nitrogens is 4. The van der Waals surface area contributed by atoms with E-state index in [1.807, 2.05) is 12.1 Å². The molecule has 0 radical (unpaired) electrons. The zero-order valence-corrected chi connectivity index (χ0v) is 28.1. The molecule has 7 heteroatoms. The van der Waals surface area contributed by atoms with Crippen LogP contribution in [0.25, 0.3) is 11.2 Å². The number of unbranched alkanes of at least 4 members (excludes halogenated alkanes) is 13. The first-order valence-corrected chi connectivity index (χ1v) is 17.4. The predicted octanol–water partition coefficient (Wildman–Crippen LogP) is 8.12. The van der Waals surface area contributed by atoms with Crippen LogP contribution in [0.5, 0.6) is 0 Å². The van der Waals surface area contributed by atoms with E-state index in [1.165, 1.54) is 97.3 Å². The van der Waals surface area contributed by atoms with Gasteiger partial charge in [0.15, 0.2) is 11.2 Å². The predicted molar refractivity (Wildman–Crippen MR) is 186 cm³/mol. The molecule has 0 spiro atoms. The SMILES string of the molecule is CCCCCCCCCCCCCCCCn1c(CN(Cc2ccccc2)Cc2ccccc2)nc2c1c(=O)n(C)c(=O)n2C. The van der Waals surface area contributed by atoms with Crippen LogP contribution in [0.15, 0.2) is 70.3 Å². The van der Waals surface area contributed by atoms with Crippen molar-refractivity contribution >= 4 is 11.2 Å². The number of rotatable bonds is 21. The summed E-state index contributed by atoms with van der Waals surface area (Å²) < 4.78 is 4.82. The molecule has 244 valence electrons. The van der Waals surface area contributed by atoms with Crippen molar-refractivity contribution in [3.8, 4) is 0 Å². The Morgan fingerprint density at radius 3 is 1.56 bits per heavy atom. The highest BCUT2D eigenvalue weighted by Gasteiger charge is 2.21. The molecule has 2 heterocycles. The van der Waals surface area contributed by atoms with E-state index in [0.717, 1.165) is 38.3 Å². The van der Waals surface area contributed by atoms with Crippen molar-refractivity contribution in [1.29, 1.82) is 0 Å². The zero-order valence-electron chi connectivity index (χ0n) is 28.1. The average molecular weight is 614 g/mol. The van der Waals surface area contributed by atoms with E-state index in [0.29, 0.717) is 17.7 Å².